The zero-order chi connectivity index (χ0) is 20.0. The van der Waals surface area contributed by atoms with Crippen LogP contribution in [0.5, 0.6) is 5.75 Å². The number of hydrogen-bond acceptors (Lipinski definition) is 3. The zero-order valence-electron chi connectivity index (χ0n) is 17.3. The maximum Gasteiger partial charge on any atom is 0.240 e. The smallest absolute Gasteiger partial charge is 0.240 e. The van der Waals surface area contributed by atoms with Crippen LogP contribution in [-0.2, 0) is 15.0 Å². The molecule has 146 valence electrons. The molecule has 5 nitrogen and oxygen atoms in total. The summed E-state index contributed by atoms with van der Waals surface area (Å²) in [5.74, 6) is 0.604. The lowest BCUT2D eigenvalue weighted by Crippen LogP contribution is -2.46. The van der Waals surface area contributed by atoms with E-state index in [4.69, 9.17) is 4.74 Å². The Morgan fingerprint density at radius 2 is 1.62 bits per heavy atom. The molecule has 1 aromatic carbocycles. The van der Waals surface area contributed by atoms with E-state index in [9.17, 15) is 9.59 Å². The van der Waals surface area contributed by atoms with Gasteiger partial charge in [-0.3, -0.25) is 9.59 Å². The van der Waals surface area contributed by atoms with Crippen molar-refractivity contribution in [3.63, 3.8) is 0 Å². The van der Waals surface area contributed by atoms with Crippen LogP contribution < -0.4 is 10.1 Å². The summed E-state index contributed by atoms with van der Waals surface area (Å²) in [5, 5.41) is 2.85. The van der Waals surface area contributed by atoms with E-state index >= 15 is 0 Å². The highest BCUT2D eigenvalue weighted by atomic mass is 16.5. The minimum absolute atomic E-state index is 0.0549. The van der Waals surface area contributed by atoms with E-state index in [0.29, 0.717) is 19.4 Å². The summed E-state index contributed by atoms with van der Waals surface area (Å²) in [4.78, 5) is 25.4. The Labute approximate surface area is 158 Å². The first-order valence-electron chi connectivity index (χ1n) is 9.17. The van der Waals surface area contributed by atoms with Gasteiger partial charge in [0.2, 0.25) is 11.8 Å². The van der Waals surface area contributed by atoms with Crippen molar-refractivity contribution in [3.8, 4) is 5.75 Å². The van der Waals surface area contributed by atoms with Crippen LogP contribution in [0.1, 0.15) is 59.9 Å². The Kier molecular flexibility index (Phi) is 7.67. The third-order valence-electron chi connectivity index (χ3n) is 3.85. The normalized spacial score (nSPS) is 11.8. The van der Waals surface area contributed by atoms with Gasteiger partial charge in [0.25, 0.3) is 0 Å². The van der Waals surface area contributed by atoms with Crippen molar-refractivity contribution in [1.82, 2.24) is 10.2 Å². The van der Waals surface area contributed by atoms with Gasteiger partial charge in [0, 0.05) is 19.0 Å². The predicted molar refractivity (Wildman–Crippen MR) is 105 cm³/mol. The molecular weight excluding hydrogens is 328 g/mol. The van der Waals surface area contributed by atoms with E-state index in [1.54, 1.807) is 7.05 Å². The molecule has 0 bridgehead atoms. The molecule has 1 N–H and O–H groups in total. The van der Waals surface area contributed by atoms with Crippen molar-refractivity contribution in [2.24, 2.45) is 0 Å². The molecule has 0 saturated heterocycles. The number of nitrogens with one attached hydrogen (secondary N) is 1. The quantitative estimate of drug-likeness (QED) is 0.755. The van der Waals surface area contributed by atoms with Gasteiger partial charge >= 0.3 is 0 Å². The van der Waals surface area contributed by atoms with E-state index in [1.807, 2.05) is 32.9 Å². The molecule has 0 aliphatic rings. The van der Waals surface area contributed by atoms with Gasteiger partial charge in [0.15, 0.2) is 0 Å². The molecule has 0 aliphatic carbocycles. The molecule has 0 unspecified atom stereocenters. The van der Waals surface area contributed by atoms with Crippen molar-refractivity contribution in [3.05, 3.63) is 29.8 Å². The highest BCUT2D eigenvalue weighted by Gasteiger charge is 2.17. The summed E-state index contributed by atoms with van der Waals surface area (Å²) >= 11 is 0. The molecule has 0 atom stereocenters. The number of nitrogens with zero attached hydrogens (tertiary/aromatic N) is 1. The molecule has 5 heteroatoms. The molecule has 0 spiro atoms. The van der Waals surface area contributed by atoms with Crippen LogP contribution in [0.2, 0.25) is 0 Å². The first-order valence-corrected chi connectivity index (χ1v) is 9.17. The summed E-state index contributed by atoms with van der Waals surface area (Å²) in [6.07, 6.45) is 0.977. The van der Waals surface area contributed by atoms with Crippen molar-refractivity contribution >= 4 is 11.8 Å². The van der Waals surface area contributed by atoms with Gasteiger partial charge in [0.1, 0.15) is 5.75 Å². The molecule has 1 rings (SSSR count). The fourth-order valence-corrected chi connectivity index (χ4v) is 2.42. The molecule has 0 aliphatic heterocycles. The van der Waals surface area contributed by atoms with Gasteiger partial charge in [-0.1, -0.05) is 32.9 Å². The van der Waals surface area contributed by atoms with Gasteiger partial charge in [-0.25, -0.2) is 0 Å². The van der Waals surface area contributed by atoms with Gasteiger partial charge < -0.3 is 15.0 Å². The van der Waals surface area contributed by atoms with Gasteiger partial charge in [-0.2, -0.15) is 0 Å². The lowest BCUT2D eigenvalue weighted by Gasteiger charge is -2.23. The number of carbonyl (C=O) groups is 2. The van der Waals surface area contributed by atoms with Crippen molar-refractivity contribution in [2.45, 2.75) is 65.3 Å². The molecule has 0 heterocycles. The summed E-state index contributed by atoms with van der Waals surface area (Å²) in [7, 11) is 1.65. The number of hydrogen-bond donors (Lipinski definition) is 1. The van der Waals surface area contributed by atoms with E-state index in [1.165, 1.54) is 10.5 Å². The number of ether oxygens (including phenoxy) is 1. The van der Waals surface area contributed by atoms with Crippen LogP contribution >= 0.6 is 0 Å². The average Bonchev–Trinajstić information content (AvgIpc) is 2.48. The van der Waals surface area contributed by atoms with Gasteiger partial charge in [0.05, 0.1) is 13.2 Å². The van der Waals surface area contributed by atoms with Crippen LogP contribution in [0.3, 0.4) is 0 Å². The molecule has 1 aromatic rings. The third-order valence-corrected chi connectivity index (χ3v) is 3.85. The van der Waals surface area contributed by atoms with E-state index in [2.05, 4.69) is 38.2 Å². The molecule has 2 amide bonds. The minimum Gasteiger partial charge on any atom is -0.494 e. The topological polar surface area (TPSA) is 58.6 Å². The first kappa shape index (κ1) is 22.0. The predicted octanol–water partition coefficient (Wildman–Crippen LogP) is 3.52. The summed E-state index contributed by atoms with van der Waals surface area (Å²) in [6, 6.07) is 8.07. The largest absolute Gasteiger partial charge is 0.494 e. The molecular formula is C21H34N2O3. The molecule has 0 aromatic heterocycles. The molecule has 0 fully saturated rings. The molecule has 0 saturated carbocycles. The second-order valence-corrected chi connectivity index (χ2v) is 8.77. The fourth-order valence-electron chi connectivity index (χ4n) is 2.42. The Morgan fingerprint density at radius 1 is 1.04 bits per heavy atom. The SMILES string of the molecule is CN(CC(=O)NC(C)(C)C)C(=O)CCCOc1ccc(C(C)(C)C)cc1. The van der Waals surface area contributed by atoms with Crippen molar-refractivity contribution in [1.29, 1.82) is 0 Å². The first-order chi connectivity index (χ1) is 11.9. The van der Waals surface area contributed by atoms with Crippen molar-refractivity contribution < 1.29 is 14.3 Å². The van der Waals surface area contributed by atoms with Gasteiger partial charge in [-0.05, 0) is 50.3 Å². The van der Waals surface area contributed by atoms with E-state index in [-0.39, 0.29) is 29.3 Å². The summed E-state index contributed by atoms with van der Waals surface area (Å²) in [5.41, 5.74) is 1.08. The lowest BCUT2D eigenvalue weighted by atomic mass is 9.87. The van der Waals surface area contributed by atoms with Crippen LogP contribution in [0, 0.1) is 0 Å². The number of rotatable bonds is 7. The van der Waals surface area contributed by atoms with Crippen LogP contribution in [-0.4, -0.2) is 42.5 Å². The second-order valence-electron chi connectivity index (χ2n) is 8.77. The van der Waals surface area contributed by atoms with E-state index in [0.717, 1.165) is 5.75 Å². The number of amides is 2. The maximum absolute atomic E-state index is 12.1. The summed E-state index contributed by atoms with van der Waals surface area (Å²) < 4.78 is 5.70. The van der Waals surface area contributed by atoms with Gasteiger partial charge in [-0.15, -0.1) is 0 Å². The highest BCUT2D eigenvalue weighted by Crippen LogP contribution is 2.24. The number of benzene rings is 1. The molecule has 0 radical (unpaired) electrons. The second kappa shape index (κ2) is 9.06. The Balaban J connectivity index is 2.32. The maximum atomic E-state index is 12.1. The van der Waals surface area contributed by atoms with Crippen LogP contribution in [0.4, 0.5) is 0 Å². The Hall–Kier alpha value is -2.04. The standard InChI is InChI=1S/C21H34N2O3/c1-20(2,3)16-10-12-17(13-11-16)26-14-8-9-19(25)23(7)15-18(24)22-21(4,5)6/h10-13H,8-9,14-15H2,1-7H3,(H,22,24). The Morgan fingerprint density at radius 3 is 2.12 bits per heavy atom. The highest BCUT2D eigenvalue weighted by molar-refractivity contribution is 5.84. The van der Waals surface area contributed by atoms with Crippen LogP contribution in [0.25, 0.3) is 0 Å². The monoisotopic (exact) mass is 362 g/mol. The molecule has 26 heavy (non-hydrogen) atoms. The number of likely N-dealkylation sites (N-methyl/N-ethyl adjacent to an activating group) is 1. The minimum atomic E-state index is -0.294. The number of carbonyl (C=O) groups excluding carboxylic acids is 2. The third kappa shape index (κ3) is 8.37. The summed E-state index contributed by atoms with van der Waals surface area (Å²) in [6.45, 7) is 12.8. The van der Waals surface area contributed by atoms with Crippen molar-refractivity contribution in [2.75, 3.05) is 20.2 Å². The zero-order valence-corrected chi connectivity index (χ0v) is 17.3. The van der Waals surface area contributed by atoms with Crippen LogP contribution in [0.15, 0.2) is 24.3 Å². The fraction of sp³-hybridized carbons (Fsp3) is 0.619. The van der Waals surface area contributed by atoms with E-state index < -0.39 is 0 Å². The average molecular weight is 363 g/mol. The lowest BCUT2D eigenvalue weighted by molar-refractivity contribution is -0.135. The Bertz CT molecular complexity index is 595.